The summed E-state index contributed by atoms with van der Waals surface area (Å²) in [7, 11) is 5.25. The molecular formula is C35H41FN6O5S. The van der Waals surface area contributed by atoms with E-state index in [2.05, 4.69) is 32.1 Å². The molecule has 1 amide bonds. The second kappa shape index (κ2) is 17.0. The molecule has 0 spiro atoms. The summed E-state index contributed by atoms with van der Waals surface area (Å²) in [5, 5.41) is 3.04. The van der Waals surface area contributed by atoms with E-state index in [0.717, 1.165) is 44.0 Å². The molecule has 0 radical (unpaired) electrons. The Kier molecular flexibility index (Phi) is 12.3. The molecule has 1 saturated heterocycles. The van der Waals surface area contributed by atoms with Crippen LogP contribution < -0.4 is 29.2 Å². The number of ether oxygens (including phenoxy) is 4. The van der Waals surface area contributed by atoms with Gasteiger partial charge in [-0.05, 0) is 68.3 Å². The van der Waals surface area contributed by atoms with Crippen molar-refractivity contribution in [2.75, 3.05) is 77.1 Å². The molecule has 48 heavy (non-hydrogen) atoms. The summed E-state index contributed by atoms with van der Waals surface area (Å²) in [6.45, 7) is 5.58. The van der Waals surface area contributed by atoms with E-state index < -0.39 is 11.9 Å². The number of hydrogen-bond acceptors (Lipinski definition) is 11. The van der Waals surface area contributed by atoms with Gasteiger partial charge in [-0.3, -0.25) is 4.90 Å². The number of rotatable bonds is 14. The van der Waals surface area contributed by atoms with Gasteiger partial charge in [-0.25, -0.2) is 14.2 Å². The fourth-order valence-electron chi connectivity index (χ4n) is 5.19. The van der Waals surface area contributed by atoms with Crippen LogP contribution in [0.1, 0.15) is 12.0 Å². The Labute approximate surface area is 285 Å². The summed E-state index contributed by atoms with van der Waals surface area (Å²) in [6.07, 6.45) is 3.57. The number of para-hydroxylation sites is 1. The molecule has 1 aliphatic heterocycles. The fourth-order valence-corrected chi connectivity index (χ4v) is 5.72. The van der Waals surface area contributed by atoms with Crippen LogP contribution >= 0.6 is 11.8 Å². The number of carbonyl (C=O) groups excluding carboxylic acids is 1. The monoisotopic (exact) mass is 676 g/mol. The lowest BCUT2D eigenvalue weighted by Gasteiger charge is -2.32. The Morgan fingerprint density at radius 2 is 1.77 bits per heavy atom. The first-order chi connectivity index (χ1) is 23.4. The molecule has 4 aromatic rings. The van der Waals surface area contributed by atoms with E-state index in [9.17, 15) is 4.79 Å². The van der Waals surface area contributed by atoms with Gasteiger partial charge in [0.05, 0.1) is 27.4 Å². The average molecular weight is 677 g/mol. The van der Waals surface area contributed by atoms with E-state index in [1.807, 2.05) is 18.4 Å². The zero-order valence-corrected chi connectivity index (χ0v) is 28.5. The third-order valence-corrected chi connectivity index (χ3v) is 8.66. The molecule has 5 rings (SSSR count). The molecular weight excluding hydrogens is 635 g/mol. The van der Waals surface area contributed by atoms with Gasteiger partial charge in [0.15, 0.2) is 11.6 Å². The second-order valence-electron chi connectivity index (χ2n) is 11.1. The molecule has 13 heteroatoms. The highest BCUT2D eigenvalue weighted by molar-refractivity contribution is 7.98. The van der Waals surface area contributed by atoms with Gasteiger partial charge in [-0.1, -0.05) is 12.1 Å². The van der Waals surface area contributed by atoms with Crippen molar-refractivity contribution in [2.45, 2.75) is 17.9 Å². The maximum Gasteiger partial charge on any atom is 0.421 e. The third kappa shape index (κ3) is 9.27. The molecule has 0 bridgehead atoms. The second-order valence-corrected chi connectivity index (χ2v) is 12.0. The van der Waals surface area contributed by atoms with E-state index in [-0.39, 0.29) is 24.1 Å². The molecule has 3 aromatic carbocycles. The van der Waals surface area contributed by atoms with Gasteiger partial charge in [0.1, 0.15) is 23.1 Å². The van der Waals surface area contributed by atoms with Crippen LogP contribution in [0.25, 0.3) is 0 Å². The molecule has 1 N–H and O–H groups in total. The van der Waals surface area contributed by atoms with Crippen molar-refractivity contribution in [1.29, 1.82) is 0 Å². The zero-order chi connectivity index (χ0) is 33.9. The molecule has 1 aromatic heterocycles. The molecule has 0 saturated carbocycles. The smallest absolute Gasteiger partial charge is 0.421 e. The number of aromatic nitrogens is 2. The minimum Gasteiger partial charge on any atom is -0.497 e. The zero-order valence-electron chi connectivity index (χ0n) is 27.6. The van der Waals surface area contributed by atoms with E-state index in [1.165, 1.54) is 28.9 Å². The lowest BCUT2D eigenvalue weighted by molar-refractivity contribution is 0.145. The third-order valence-electron chi connectivity index (χ3n) is 7.88. The topological polar surface area (TPSA) is 102 Å². The number of methoxy groups -OCH3 is 2. The van der Waals surface area contributed by atoms with Crippen LogP contribution in [-0.2, 0) is 6.54 Å². The predicted molar refractivity (Wildman–Crippen MR) is 186 cm³/mol. The number of halogens is 1. The number of likely N-dealkylation sites (N-methyl/N-ethyl adjacent to an activating group) is 1. The Balaban J connectivity index is 1.31. The van der Waals surface area contributed by atoms with Crippen LogP contribution in [0.5, 0.6) is 23.0 Å². The molecule has 0 atom stereocenters. The van der Waals surface area contributed by atoms with E-state index >= 15 is 4.39 Å². The Morgan fingerprint density at radius 1 is 0.979 bits per heavy atom. The fraction of sp³-hybridized carbons (Fsp3) is 0.343. The van der Waals surface area contributed by atoms with Crippen LogP contribution in [0.15, 0.2) is 77.8 Å². The number of nitrogens with one attached hydrogen (secondary N) is 1. The lowest BCUT2D eigenvalue weighted by atomic mass is 10.1. The number of nitrogens with zero attached hydrogens (tertiary/aromatic N) is 5. The molecule has 0 aliphatic carbocycles. The summed E-state index contributed by atoms with van der Waals surface area (Å²) in [6, 6.07) is 18.8. The molecule has 1 aliphatic rings. The molecule has 11 nitrogen and oxygen atoms in total. The number of thioether (sulfide) groups is 1. The standard InChI is InChI=1S/C35H41FN6O5S/c1-40-17-19-41(20-18-40)16-7-21-46-30-12-10-26(23-28(30)36)38-34-37-15-14-33(39-34)42(24-25-22-27(44-2)11-13-29(25)45-3)35(43)47-31-8-5-6-9-32(31)48-4/h5-6,8-15,22-23H,7,16-21,24H2,1-4H3,(H,37,38,39). The van der Waals surface area contributed by atoms with Gasteiger partial charge in [-0.15, -0.1) is 11.8 Å². The molecule has 1 fully saturated rings. The van der Waals surface area contributed by atoms with Crippen LogP contribution in [0.3, 0.4) is 0 Å². The lowest BCUT2D eigenvalue weighted by Crippen LogP contribution is -2.44. The number of carbonyl (C=O) groups is 1. The largest absolute Gasteiger partial charge is 0.497 e. The highest BCUT2D eigenvalue weighted by atomic mass is 32.2. The SMILES string of the molecule is COc1ccc(OC)c(CN(C(=O)Oc2ccccc2SC)c2ccnc(Nc3ccc(OCCCN4CCN(C)CC4)c(F)c3)n2)c1. The molecule has 0 unspecified atom stereocenters. The quantitative estimate of drug-likeness (QED) is 0.120. The van der Waals surface area contributed by atoms with Gasteiger partial charge < -0.3 is 34.1 Å². The van der Waals surface area contributed by atoms with Crippen molar-refractivity contribution in [2.24, 2.45) is 0 Å². The van der Waals surface area contributed by atoms with Crippen molar-refractivity contribution < 1.29 is 28.1 Å². The van der Waals surface area contributed by atoms with Crippen LogP contribution in [-0.4, -0.2) is 92.7 Å². The van der Waals surface area contributed by atoms with Crippen molar-refractivity contribution in [3.8, 4) is 23.0 Å². The molecule has 254 valence electrons. The van der Waals surface area contributed by atoms with Crippen molar-refractivity contribution in [3.63, 3.8) is 0 Å². The number of hydrogen-bond donors (Lipinski definition) is 1. The van der Waals surface area contributed by atoms with Crippen LogP contribution in [0.2, 0.25) is 0 Å². The number of benzene rings is 3. The number of anilines is 3. The van der Waals surface area contributed by atoms with Crippen molar-refractivity contribution in [3.05, 3.63) is 84.3 Å². The summed E-state index contributed by atoms with van der Waals surface area (Å²) in [5.41, 5.74) is 1.09. The first kappa shape index (κ1) is 34.7. The average Bonchev–Trinajstić information content (AvgIpc) is 3.10. The minimum atomic E-state index is -0.661. The van der Waals surface area contributed by atoms with Crippen molar-refractivity contribution in [1.82, 2.24) is 19.8 Å². The Morgan fingerprint density at radius 3 is 2.52 bits per heavy atom. The first-order valence-corrected chi connectivity index (χ1v) is 16.9. The van der Waals surface area contributed by atoms with Gasteiger partial charge >= 0.3 is 6.09 Å². The Bertz CT molecular complexity index is 1670. The maximum atomic E-state index is 15.0. The summed E-state index contributed by atoms with van der Waals surface area (Å²) < 4.78 is 37.6. The Hall–Kier alpha value is -4.59. The summed E-state index contributed by atoms with van der Waals surface area (Å²) >= 11 is 1.47. The summed E-state index contributed by atoms with van der Waals surface area (Å²) in [5.74, 6) is 1.67. The van der Waals surface area contributed by atoms with Gasteiger partial charge in [0.2, 0.25) is 5.95 Å². The predicted octanol–water partition coefficient (Wildman–Crippen LogP) is 6.32. The highest BCUT2D eigenvalue weighted by Gasteiger charge is 2.24. The van der Waals surface area contributed by atoms with Crippen LogP contribution in [0, 0.1) is 5.82 Å². The highest BCUT2D eigenvalue weighted by Crippen LogP contribution is 2.31. The number of amides is 1. The van der Waals surface area contributed by atoms with E-state index in [0.29, 0.717) is 35.1 Å². The van der Waals surface area contributed by atoms with Crippen molar-refractivity contribution >= 4 is 35.3 Å². The van der Waals surface area contributed by atoms with Gasteiger partial charge in [0, 0.05) is 61.1 Å². The van der Waals surface area contributed by atoms with E-state index in [4.69, 9.17) is 18.9 Å². The molecule has 2 heterocycles. The first-order valence-electron chi connectivity index (χ1n) is 15.6. The van der Waals surface area contributed by atoms with Gasteiger partial charge in [0.25, 0.3) is 0 Å². The van der Waals surface area contributed by atoms with Crippen LogP contribution in [0.4, 0.5) is 26.6 Å². The summed E-state index contributed by atoms with van der Waals surface area (Å²) in [4.78, 5) is 29.6. The normalized spacial score (nSPS) is 13.5. The van der Waals surface area contributed by atoms with E-state index in [1.54, 1.807) is 62.8 Å². The number of piperazine rings is 1. The van der Waals surface area contributed by atoms with Gasteiger partial charge in [-0.2, -0.15) is 4.98 Å². The maximum absolute atomic E-state index is 15.0. The minimum absolute atomic E-state index is 0.0482.